The van der Waals surface area contributed by atoms with Crippen LogP contribution < -0.4 is 5.73 Å². The maximum Gasteiger partial charge on any atom is 0.409 e. The van der Waals surface area contributed by atoms with Crippen LogP contribution in [0.2, 0.25) is 0 Å². The molecule has 5 nitrogen and oxygen atoms in total. The third kappa shape index (κ3) is 5.58. The van der Waals surface area contributed by atoms with Crippen molar-refractivity contribution >= 4 is 11.9 Å². The van der Waals surface area contributed by atoms with Crippen LogP contribution in [0.1, 0.15) is 27.7 Å². The first-order valence-corrected chi connectivity index (χ1v) is 5.64. The van der Waals surface area contributed by atoms with Crippen molar-refractivity contribution in [3.63, 3.8) is 0 Å². The number of nitrogens with two attached hydrogens (primary N) is 1. The zero-order chi connectivity index (χ0) is 12.7. The Morgan fingerprint density at radius 2 is 2.00 bits per heavy atom. The number of nitrogens with one attached hydrogen (secondary N) is 1. The molecule has 0 aromatic heterocycles. The van der Waals surface area contributed by atoms with Crippen molar-refractivity contribution in [1.82, 2.24) is 4.90 Å². The average molecular weight is 229 g/mol. The molecular formula is C11H23N3O2. The van der Waals surface area contributed by atoms with Crippen LogP contribution >= 0.6 is 0 Å². The molecule has 0 fully saturated rings. The maximum absolute atomic E-state index is 11.6. The molecule has 0 aliphatic heterocycles. The summed E-state index contributed by atoms with van der Waals surface area (Å²) in [6, 6.07) is 0. The van der Waals surface area contributed by atoms with E-state index in [1.807, 2.05) is 27.7 Å². The quantitative estimate of drug-likeness (QED) is 0.537. The van der Waals surface area contributed by atoms with Crippen LogP contribution in [0.5, 0.6) is 0 Å². The second-order valence-corrected chi connectivity index (χ2v) is 4.37. The van der Waals surface area contributed by atoms with Gasteiger partial charge >= 0.3 is 6.09 Å². The van der Waals surface area contributed by atoms with Gasteiger partial charge in [0.1, 0.15) is 0 Å². The summed E-state index contributed by atoms with van der Waals surface area (Å²) in [6.45, 7) is 9.09. The fourth-order valence-electron chi connectivity index (χ4n) is 1.09. The van der Waals surface area contributed by atoms with Crippen LogP contribution in [0.3, 0.4) is 0 Å². The summed E-state index contributed by atoms with van der Waals surface area (Å²) < 4.78 is 5.11. The molecule has 5 heteroatoms. The van der Waals surface area contributed by atoms with Crippen LogP contribution in [0.15, 0.2) is 0 Å². The monoisotopic (exact) mass is 229 g/mol. The van der Waals surface area contributed by atoms with Crippen molar-refractivity contribution in [1.29, 1.82) is 5.41 Å². The summed E-state index contributed by atoms with van der Waals surface area (Å²) >= 11 is 0. The van der Waals surface area contributed by atoms with Gasteiger partial charge in [-0.15, -0.1) is 0 Å². The van der Waals surface area contributed by atoms with Gasteiger partial charge in [-0.3, -0.25) is 5.41 Å². The summed E-state index contributed by atoms with van der Waals surface area (Å²) in [5, 5.41) is 7.28. The van der Waals surface area contributed by atoms with E-state index in [-0.39, 0.29) is 17.8 Å². The lowest BCUT2D eigenvalue weighted by molar-refractivity contribution is 0.0917. The Morgan fingerprint density at radius 3 is 2.38 bits per heavy atom. The molecule has 94 valence electrons. The van der Waals surface area contributed by atoms with Gasteiger partial charge in [0, 0.05) is 19.0 Å². The lowest BCUT2D eigenvalue weighted by atomic mass is 10.1. The number of nitrogens with zero attached hydrogens (tertiary/aromatic N) is 1. The van der Waals surface area contributed by atoms with Crippen LogP contribution in [-0.4, -0.2) is 36.5 Å². The normalized spacial score (nSPS) is 12.3. The molecule has 0 rings (SSSR count). The van der Waals surface area contributed by atoms with Gasteiger partial charge < -0.3 is 15.4 Å². The highest BCUT2D eigenvalue weighted by Gasteiger charge is 2.17. The van der Waals surface area contributed by atoms with E-state index in [0.717, 1.165) is 0 Å². The molecule has 0 aliphatic rings. The van der Waals surface area contributed by atoms with E-state index in [1.54, 1.807) is 4.90 Å². The highest BCUT2D eigenvalue weighted by molar-refractivity contribution is 5.80. The molecule has 3 N–H and O–H groups in total. The highest BCUT2D eigenvalue weighted by Crippen LogP contribution is 2.03. The number of amides is 1. The molecule has 0 saturated heterocycles. The van der Waals surface area contributed by atoms with Gasteiger partial charge in [0.2, 0.25) is 0 Å². The van der Waals surface area contributed by atoms with Crippen LogP contribution in [0, 0.1) is 17.2 Å². The Balaban J connectivity index is 4.16. The minimum absolute atomic E-state index is 0.0927. The molecule has 0 radical (unpaired) electrons. The van der Waals surface area contributed by atoms with Gasteiger partial charge in [-0.2, -0.15) is 0 Å². The van der Waals surface area contributed by atoms with Gasteiger partial charge in [0.25, 0.3) is 0 Å². The third-order valence-electron chi connectivity index (χ3n) is 2.21. The second-order valence-electron chi connectivity index (χ2n) is 4.37. The standard InChI is InChI=1S/C11H23N3O2/c1-5-14(6-9(4)10(12)13)11(15)16-7-8(2)3/h8-9H,5-7H2,1-4H3,(H3,12,13). The summed E-state index contributed by atoms with van der Waals surface area (Å²) in [5.74, 6) is 0.287. The zero-order valence-corrected chi connectivity index (χ0v) is 10.6. The average Bonchev–Trinajstić information content (AvgIpc) is 2.21. The van der Waals surface area contributed by atoms with Gasteiger partial charge in [-0.1, -0.05) is 20.8 Å². The molecule has 0 spiro atoms. The predicted octanol–water partition coefficient (Wildman–Crippen LogP) is 1.67. The smallest absolute Gasteiger partial charge is 0.409 e. The second kappa shape index (κ2) is 7.09. The molecule has 1 atom stereocenters. The summed E-state index contributed by atoms with van der Waals surface area (Å²) in [4.78, 5) is 13.2. The fraction of sp³-hybridized carbons (Fsp3) is 0.818. The number of rotatable bonds is 6. The van der Waals surface area contributed by atoms with Gasteiger partial charge in [0.05, 0.1) is 12.4 Å². The molecule has 0 aromatic rings. The number of amidine groups is 1. The minimum atomic E-state index is -0.329. The van der Waals surface area contributed by atoms with E-state index < -0.39 is 0 Å². The molecule has 0 aliphatic carbocycles. The summed E-state index contributed by atoms with van der Waals surface area (Å²) in [6.07, 6.45) is -0.329. The first-order valence-electron chi connectivity index (χ1n) is 5.64. The van der Waals surface area contributed by atoms with E-state index in [9.17, 15) is 4.79 Å². The van der Waals surface area contributed by atoms with E-state index in [4.69, 9.17) is 15.9 Å². The van der Waals surface area contributed by atoms with E-state index in [1.165, 1.54) is 0 Å². The molecule has 0 heterocycles. The molecular weight excluding hydrogens is 206 g/mol. The molecule has 0 saturated carbocycles. The Bertz CT molecular complexity index is 241. The lowest BCUT2D eigenvalue weighted by Crippen LogP contribution is -2.39. The molecule has 1 unspecified atom stereocenters. The summed E-state index contributed by atoms with van der Waals surface area (Å²) in [5.41, 5.74) is 5.37. The molecule has 16 heavy (non-hydrogen) atoms. The van der Waals surface area contributed by atoms with Gasteiger partial charge in [-0.25, -0.2) is 4.79 Å². The first kappa shape index (κ1) is 14.7. The van der Waals surface area contributed by atoms with Crippen molar-refractivity contribution in [3.05, 3.63) is 0 Å². The zero-order valence-electron chi connectivity index (χ0n) is 10.6. The van der Waals surface area contributed by atoms with Crippen molar-refractivity contribution in [2.45, 2.75) is 27.7 Å². The van der Waals surface area contributed by atoms with E-state index in [2.05, 4.69) is 0 Å². The summed E-state index contributed by atoms with van der Waals surface area (Å²) in [7, 11) is 0. The number of carbonyl (C=O) groups excluding carboxylic acids is 1. The van der Waals surface area contributed by atoms with E-state index >= 15 is 0 Å². The Hall–Kier alpha value is -1.26. The lowest BCUT2D eigenvalue weighted by Gasteiger charge is -2.23. The Labute approximate surface area is 97.4 Å². The predicted molar refractivity (Wildman–Crippen MR) is 64.5 cm³/mol. The molecule has 0 bridgehead atoms. The van der Waals surface area contributed by atoms with Crippen molar-refractivity contribution < 1.29 is 9.53 Å². The van der Waals surface area contributed by atoms with Gasteiger partial charge in [-0.05, 0) is 12.8 Å². The van der Waals surface area contributed by atoms with Crippen molar-refractivity contribution in [2.24, 2.45) is 17.6 Å². The number of carbonyl (C=O) groups is 1. The van der Waals surface area contributed by atoms with E-state index in [0.29, 0.717) is 25.6 Å². The Kier molecular flexibility index (Phi) is 6.53. The third-order valence-corrected chi connectivity index (χ3v) is 2.21. The van der Waals surface area contributed by atoms with Crippen molar-refractivity contribution in [2.75, 3.05) is 19.7 Å². The maximum atomic E-state index is 11.6. The fourth-order valence-corrected chi connectivity index (χ4v) is 1.09. The number of hydrogen-bond acceptors (Lipinski definition) is 3. The molecule has 1 amide bonds. The topological polar surface area (TPSA) is 79.4 Å². The van der Waals surface area contributed by atoms with Crippen LogP contribution in [-0.2, 0) is 4.74 Å². The highest BCUT2D eigenvalue weighted by atomic mass is 16.6. The van der Waals surface area contributed by atoms with Crippen LogP contribution in [0.4, 0.5) is 4.79 Å². The molecule has 0 aromatic carbocycles. The first-order chi connectivity index (χ1) is 7.38. The number of ether oxygens (including phenoxy) is 1. The largest absolute Gasteiger partial charge is 0.449 e. The SMILES string of the molecule is CCN(CC(C)C(=N)N)C(=O)OCC(C)C. The van der Waals surface area contributed by atoms with Crippen LogP contribution in [0.25, 0.3) is 0 Å². The van der Waals surface area contributed by atoms with Crippen molar-refractivity contribution in [3.8, 4) is 0 Å². The van der Waals surface area contributed by atoms with Gasteiger partial charge in [0.15, 0.2) is 0 Å². The minimum Gasteiger partial charge on any atom is -0.449 e. The Morgan fingerprint density at radius 1 is 1.44 bits per heavy atom. The number of hydrogen-bond donors (Lipinski definition) is 2.